The number of carbonyl (C=O) groups excluding carboxylic acids is 2. The Balaban J connectivity index is 1.86. The van der Waals surface area contributed by atoms with E-state index in [1.807, 2.05) is 12.2 Å². The Morgan fingerprint density at radius 2 is 1.20 bits per heavy atom. The fourth-order valence-electron chi connectivity index (χ4n) is 2.82. The summed E-state index contributed by atoms with van der Waals surface area (Å²) in [5.74, 6) is -0.0265. The van der Waals surface area contributed by atoms with Crippen molar-refractivity contribution < 1.29 is 14.3 Å². The molecule has 2 saturated carbocycles. The van der Waals surface area contributed by atoms with E-state index in [9.17, 15) is 9.59 Å². The third kappa shape index (κ3) is 4.06. The summed E-state index contributed by atoms with van der Waals surface area (Å²) in [5.41, 5.74) is 1.11. The SMILES string of the molecule is CC(=CC1CCCC1)C(=O)OC(=O)C(C)=CC1CCC1. The van der Waals surface area contributed by atoms with Crippen LogP contribution in [0.5, 0.6) is 0 Å². The van der Waals surface area contributed by atoms with E-state index in [1.165, 1.54) is 19.3 Å². The summed E-state index contributed by atoms with van der Waals surface area (Å²) in [4.78, 5) is 23.7. The summed E-state index contributed by atoms with van der Waals surface area (Å²) in [5, 5.41) is 0. The maximum absolute atomic E-state index is 11.9. The quantitative estimate of drug-likeness (QED) is 0.444. The summed E-state index contributed by atoms with van der Waals surface area (Å²) in [6.45, 7) is 3.46. The van der Waals surface area contributed by atoms with Crippen LogP contribution in [0.2, 0.25) is 0 Å². The summed E-state index contributed by atoms with van der Waals surface area (Å²) in [6, 6.07) is 0. The van der Waals surface area contributed by atoms with E-state index in [2.05, 4.69) is 0 Å². The Labute approximate surface area is 121 Å². The smallest absolute Gasteiger partial charge is 0.341 e. The molecule has 0 saturated heterocycles. The lowest BCUT2D eigenvalue weighted by atomic mass is 9.84. The molecule has 110 valence electrons. The maximum Gasteiger partial charge on any atom is 0.341 e. The fraction of sp³-hybridized carbons (Fsp3) is 0.647. The van der Waals surface area contributed by atoms with Crippen LogP contribution in [-0.2, 0) is 14.3 Å². The van der Waals surface area contributed by atoms with Gasteiger partial charge in [0.15, 0.2) is 0 Å². The number of ether oxygens (including phenoxy) is 1. The summed E-state index contributed by atoms with van der Waals surface area (Å²) >= 11 is 0. The van der Waals surface area contributed by atoms with Gasteiger partial charge in [-0.05, 0) is 51.4 Å². The van der Waals surface area contributed by atoms with Crippen LogP contribution in [-0.4, -0.2) is 11.9 Å². The minimum atomic E-state index is -0.499. The highest BCUT2D eigenvalue weighted by molar-refractivity contribution is 6.01. The van der Waals surface area contributed by atoms with E-state index >= 15 is 0 Å². The summed E-state index contributed by atoms with van der Waals surface area (Å²) in [7, 11) is 0. The Morgan fingerprint density at radius 1 is 0.800 bits per heavy atom. The fourth-order valence-corrected chi connectivity index (χ4v) is 2.82. The highest BCUT2D eigenvalue weighted by Crippen LogP contribution is 2.29. The number of rotatable bonds is 4. The van der Waals surface area contributed by atoms with Gasteiger partial charge in [-0.3, -0.25) is 0 Å². The molecule has 2 aliphatic rings. The molecule has 0 atom stereocenters. The molecule has 0 bridgehead atoms. The first-order chi connectivity index (χ1) is 9.56. The van der Waals surface area contributed by atoms with E-state index in [1.54, 1.807) is 13.8 Å². The Kier molecular flexibility index (Phi) is 5.16. The van der Waals surface area contributed by atoms with Gasteiger partial charge in [-0.2, -0.15) is 0 Å². The normalized spacial score (nSPS) is 21.7. The largest absolute Gasteiger partial charge is 0.386 e. The van der Waals surface area contributed by atoms with Crippen LogP contribution in [0, 0.1) is 11.8 Å². The molecule has 0 radical (unpaired) electrons. The standard InChI is InChI=1S/C17H24O3/c1-12(10-14-6-3-4-7-14)16(18)20-17(19)13(2)11-15-8-5-9-15/h10-11,14-15H,3-9H2,1-2H3. The Morgan fingerprint density at radius 3 is 1.55 bits per heavy atom. The number of allylic oxidation sites excluding steroid dienone is 2. The van der Waals surface area contributed by atoms with Crippen LogP contribution in [0.3, 0.4) is 0 Å². The molecule has 2 aliphatic carbocycles. The molecule has 0 aromatic rings. The van der Waals surface area contributed by atoms with E-state index in [-0.39, 0.29) is 0 Å². The molecule has 0 unspecified atom stereocenters. The van der Waals surface area contributed by atoms with Crippen molar-refractivity contribution in [3.8, 4) is 0 Å². The van der Waals surface area contributed by atoms with Gasteiger partial charge in [0, 0.05) is 11.1 Å². The molecule has 0 amide bonds. The molecule has 20 heavy (non-hydrogen) atoms. The third-order valence-electron chi connectivity index (χ3n) is 4.35. The van der Waals surface area contributed by atoms with E-state index < -0.39 is 11.9 Å². The first-order valence-corrected chi connectivity index (χ1v) is 7.69. The van der Waals surface area contributed by atoms with Gasteiger partial charge in [-0.25, -0.2) is 9.59 Å². The van der Waals surface area contributed by atoms with Gasteiger partial charge in [0.05, 0.1) is 0 Å². The van der Waals surface area contributed by atoms with Crippen molar-refractivity contribution in [3.63, 3.8) is 0 Å². The number of hydrogen-bond donors (Lipinski definition) is 0. The minimum Gasteiger partial charge on any atom is -0.386 e. The van der Waals surface area contributed by atoms with Crippen molar-refractivity contribution >= 4 is 11.9 Å². The van der Waals surface area contributed by atoms with Crippen molar-refractivity contribution in [2.24, 2.45) is 11.8 Å². The molecule has 0 spiro atoms. The predicted octanol–water partition coefficient (Wildman–Crippen LogP) is 3.94. The Hall–Kier alpha value is -1.38. The summed E-state index contributed by atoms with van der Waals surface area (Å²) in [6.07, 6.45) is 12.1. The first kappa shape index (κ1) is 15.0. The second-order valence-corrected chi connectivity index (χ2v) is 6.11. The monoisotopic (exact) mass is 276 g/mol. The molecule has 0 aromatic carbocycles. The highest BCUT2D eigenvalue weighted by Gasteiger charge is 2.20. The zero-order chi connectivity index (χ0) is 14.5. The molecule has 0 heterocycles. The minimum absolute atomic E-state index is 0.476. The molecule has 0 aromatic heterocycles. The average molecular weight is 276 g/mol. The van der Waals surface area contributed by atoms with Crippen molar-refractivity contribution in [3.05, 3.63) is 23.3 Å². The highest BCUT2D eigenvalue weighted by atomic mass is 16.6. The van der Waals surface area contributed by atoms with Crippen molar-refractivity contribution in [1.29, 1.82) is 0 Å². The molecular weight excluding hydrogens is 252 g/mol. The number of esters is 2. The van der Waals surface area contributed by atoms with Crippen molar-refractivity contribution in [1.82, 2.24) is 0 Å². The van der Waals surface area contributed by atoms with Gasteiger partial charge in [0.1, 0.15) is 0 Å². The van der Waals surface area contributed by atoms with Crippen LogP contribution in [0.1, 0.15) is 58.8 Å². The second kappa shape index (κ2) is 6.87. The van der Waals surface area contributed by atoms with Crippen LogP contribution in [0.15, 0.2) is 23.3 Å². The van der Waals surface area contributed by atoms with E-state index in [0.717, 1.165) is 25.7 Å². The maximum atomic E-state index is 11.9. The molecule has 2 fully saturated rings. The van der Waals surface area contributed by atoms with Gasteiger partial charge in [0.25, 0.3) is 0 Å². The van der Waals surface area contributed by atoms with Gasteiger partial charge in [0.2, 0.25) is 0 Å². The zero-order valence-electron chi connectivity index (χ0n) is 12.5. The Bertz CT molecular complexity index is 435. The molecule has 3 heteroatoms. The van der Waals surface area contributed by atoms with Crippen LogP contribution in [0.4, 0.5) is 0 Å². The van der Waals surface area contributed by atoms with Gasteiger partial charge < -0.3 is 4.74 Å². The van der Waals surface area contributed by atoms with E-state index in [0.29, 0.717) is 23.0 Å². The average Bonchev–Trinajstić information content (AvgIpc) is 2.86. The van der Waals surface area contributed by atoms with Crippen LogP contribution >= 0.6 is 0 Å². The van der Waals surface area contributed by atoms with Crippen LogP contribution < -0.4 is 0 Å². The second-order valence-electron chi connectivity index (χ2n) is 6.11. The van der Waals surface area contributed by atoms with Gasteiger partial charge in [-0.15, -0.1) is 0 Å². The van der Waals surface area contributed by atoms with Gasteiger partial charge >= 0.3 is 11.9 Å². The van der Waals surface area contributed by atoms with Crippen LogP contribution in [0.25, 0.3) is 0 Å². The van der Waals surface area contributed by atoms with E-state index in [4.69, 9.17) is 4.74 Å². The summed E-state index contributed by atoms with van der Waals surface area (Å²) < 4.78 is 4.94. The topological polar surface area (TPSA) is 43.4 Å². The first-order valence-electron chi connectivity index (χ1n) is 7.69. The molecule has 3 nitrogen and oxygen atoms in total. The molecule has 0 N–H and O–H groups in total. The lowest BCUT2D eigenvalue weighted by Crippen LogP contribution is -2.16. The number of carbonyl (C=O) groups is 2. The number of hydrogen-bond acceptors (Lipinski definition) is 3. The molecule has 2 rings (SSSR count). The zero-order valence-corrected chi connectivity index (χ0v) is 12.5. The molecule has 0 aliphatic heterocycles. The van der Waals surface area contributed by atoms with Gasteiger partial charge in [-0.1, -0.05) is 31.4 Å². The molecular formula is C17H24O3. The lowest BCUT2D eigenvalue weighted by molar-refractivity contribution is -0.154. The lowest BCUT2D eigenvalue weighted by Gasteiger charge is -2.22. The predicted molar refractivity (Wildman–Crippen MR) is 77.9 cm³/mol. The van der Waals surface area contributed by atoms with Crippen molar-refractivity contribution in [2.75, 3.05) is 0 Å². The van der Waals surface area contributed by atoms with Crippen molar-refractivity contribution in [2.45, 2.75) is 58.8 Å². The third-order valence-corrected chi connectivity index (χ3v) is 4.35.